The van der Waals surface area contributed by atoms with Crippen molar-refractivity contribution in [1.29, 1.82) is 0 Å². The standard InChI is InChI=1S/C23H29N5O/c1-17(2)28-22-21(15-24-28)20(14-18(3)25-22)23(29)27-11-7-10-26(12-13-27)16-19-8-5-4-6-9-19/h4-6,8-9,14-15,17H,7,10-13,16H2,1-3H3. The van der Waals surface area contributed by atoms with E-state index in [1.165, 1.54) is 5.56 Å². The number of aryl methyl sites for hydroxylation is 1. The minimum Gasteiger partial charge on any atom is -0.337 e. The molecule has 1 fully saturated rings. The minimum atomic E-state index is 0.0883. The maximum Gasteiger partial charge on any atom is 0.254 e. The summed E-state index contributed by atoms with van der Waals surface area (Å²) in [6, 6.07) is 12.6. The highest BCUT2D eigenvalue weighted by molar-refractivity contribution is 6.05. The highest BCUT2D eigenvalue weighted by Crippen LogP contribution is 2.23. The number of fused-ring (bicyclic) bond motifs is 1. The molecule has 3 aromatic rings. The van der Waals surface area contributed by atoms with Crippen LogP contribution in [-0.4, -0.2) is 56.7 Å². The quantitative estimate of drug-likeness (QED) is 0.681. The van der Waals surface area contributed by atoms with Crippen molar-refractivity contribution in [2.45, 2.75) is 39.8 Å². The van der Waals surface area contributed by atoms with Crippen molar-refractivity contribution in [3.8, 4) is 0 Å². The third-order valence-electron chi connectivity index (χ3n) is 5.54. The van der Waals surface area contributed by atoms with Gasteiger partial charge in [-0.3, -0.25) is 9.69 Å². The number of rotatable bonds is 4. The van der Waals surface area contributed by atoms with Crippen LogP contribution in [0.5, 0.6) is 0 Å². The summed E-state index contributed by atoms with van der Waals surface area (Å²) >= 11 is 0. The van der Waals surface area contributed by atoms with Gasteiger partial charge in [-0.25, -0.2) is 9.67 Å². The van der Waals surface area contributed by atoms with Crippen LogP contribution in [0.15, 0.2) is 42.6 Å². The minimum absolute atomic E-state index is 0.0883. The molecule has 6 nitrogen and oxygen atoms in total. The summed E-state index contributed by atoms with van der Waals surface area (Å²) in [5.41, 5.74) is 3.68. The number of hydrogen-bond donors (Lipinski definition) is 0. The zero-order chi connectivity index (χ0) is 20.4. The molecule has 2 aromatic heterocycles. The number of carbonyl (C=O) groups excluding carboxylic acids is 1. The Hall–Kier alpha value is -2.73. The van der Waals surface area contributed by atoms with Crippen LogP contribution in [0.2, 0.25) is 0 Å². The van der Waals surface area contributed by atoms with Crippen molar-refractivity contribution in [3.05, 3.63) is 59.4 Å². The van der Waals surface area contributed by atoms with Crippen molar-refractivity contribution >= 4 is 16.9 Å². The van der Waals surface area contributed by atoms with E-state index in [0.29, 0.717) is 0 Å². The molecular weight excluding hydrogens is 362 g/mol. The smallest absolute Gasteiger partial charge is 0.254 e. The van der Waals surface area contributed by atoms with Gasteiger partial charge in [0.2, 0.25) is 0 Å². The Kier molecular flexibility index (Phi) is 5.62. The number of aromatic nitrogens is 3. The Bertz CT molecular complexity index is 995. The molecule has 0 bridgehead atoms. The molecule has 0 unspecified atom stereocenters. The zero-order valence-corrected chi connectivity index (χ0v) is 17.5. The normalized spacial score (nSPS) is 15.8. The first-order chi connectivity index (χ1) is 14.0. The molecule has 152 valence electrons. The highest BCUT2D eigenvalue weighted by atomic mass is 16.2. The Labute approximate surface area is 172 Å². The average molecular weight is 392 g/mol. The fourth-order valence-corrected chi connectivity index (χ4v) is 4.04. The van der Waals surface area contributed by atoms with Gasteiger partial charge in [0.1, 0.15) is 0 Å². The van der Waals surface area contributed by atoms with Crippen LogP contribution in [0.3, 0.4) is 0 Å². The van der Waals surface area contributed by atoms with Gasteiger partial charge < -0.3 is 4.90 Å². The summed E-state index contributed by atoms with van der Waals surface area (Å²) in [4.78, 5) is 22.5. The second kappa shape index (κ2) is 8.33. The molecule has 1 aliphatic heterocycles. The molecule has 0 atom stereocenters. The summed E-state index contributed by atoms with van der Waals surface area (Å²) in [5, 5.41) is 5.32. The second-order valence-electron chi connectivity index (χ2n) is 8.14. The van der Waals surface area contributed by atoms with Gasteiger partial charge in [-0.1, -0.05) is 30.3 Å². The van der Waals surface area contributed by atoms with Crippen LogP contribution in [0, 0.1) is 6.92 Å². The largest absolute Gasteiger partial charge is 0.337 e. The van der Waals surface area contributed by atoms with Crippen LogP contribution in [-0.2, 0) is 6.54 Å². The summed E-state index contributed by atoms with van der Waals surface area (Å²) < 4.78 is 1.89. The predicted molar refractivity (Wildman–Crippen MR) is 115 cm³/mol. The molecular formula is C23H29N5O. The number of carbonyl (C=O) groups is 1. The number of hydrogen-bond acceptors (Lipinski definition) is 4. The van der Waals surface area contributed by atoms with Gasteiger partial charge in [-0.2, -0.15) is 5.10 Å². The van der Waals surface area contributed by atoms with Crippen molar-refractivity contribution in [3.63, 3.8) is 0 Å². The molecule has 1 aliphatic rings. The van der Waals surface area contributed by atoms with Crippen molar-refractivity contribution in [1.82, 2.24) is 24.6 Å². The molecule has 3 heterocycles. The molecule has 0 saturated carbocycles. The van der Waals surface area contributed by atoms with Crippen LogP contribution >= 0.6 is 0 Å². The van der Waals surface area contributed by atoms with E-state index in [1.807, 2.05) is 28.6 Å². The summed E-state index contributed by atoms with van der Waals surface area (Å²) in [6.07, 6.45) is 2.77. The predicted octanol–water partition coefficient (Wildman–Crippen LogP) is 3.67. The molecule has 1 amide bonds. The molecule has 0 aliphatic carbocycles. The number of amides is 1. The van der Waals surface area contributed by atoms with Gasteiger partial charge in [-0.15, -0.1) is 0 Å². The van der Waals surface area contributed by atoms with Crippen LogP contribution in [0.1, 0.15) is 47.9 Å². The molecule has 29 heavy (non-hydrogen) atoms. The average Bonchev–Trinajstić information content (AvgIpc) is 3.00. The van der Waals surface area contributed by atoms with Gasteiger partial charge in [0.05, 0.1) is 17.1 Å². The van der Waals surface area contributed by atoms with E-state index >= 15 is 0 Å². The van der Waals surface area contributed by atoms with Crippen molar-refractivity contribution in [2.75, 3.05) is 26.2 Å². The SMILES string of the molecule is Cc1cc(C(=O)N2CCCN(Cc3ccccc3)CC2)c2cnn(C(C)C)c2n1. The van der Waals surface area contributed by atoms with Crippen LogP contribution < -0.4 is 0 Å². The summed E-state index contributed by atoms with van der Waals surface area (Å²) in [5.74, 6) is 0.0883. The van der Waals surface area contributed by atoms with Gasteiger partial charge in [-0.05, 0) is 38.8 Å². The highest BCUT2D eigenvalue weighted by Gasteiger charge is 2.24. The van der Waals surface area contributed by atoms with Gasteiger partial charge in [0, 0.05) is 44.5 Å². The maximum absolute atomic E-state index is 13.4. The van der Waals surface area contributed by atoms with Gasteiger partial charge in [0.15, 0.2) is 5.65 Å². The van der Waals surface area contributed by atoms with E-state index in [2.05, 4.69) is 53.1 Å². The number of benzene rings is 1. The first-order valence-corrected chi connectivity index (χ1v) is 10.4. The topological polar surface area (TPSA) is 54.3 Å². The van der Waals surface area contributed by atoms with Crippen LogP contribution in [0.25, 0.3) is 11.0 Å². The fraction of sp³-hybridized carbons (Fsp3) is 0.435. The lowest BCUT2D eigenvalue weighted by atomic mass is 10.1. The van der Waals surface area contributed by atoms with Gasteiger partial charge >= 0.3 is 0 Å². The van der Waals surface area contributed by atoms with E-state index < -0.39 is 0 Å². The Morgan fingerprint density at radius 2 is 1.90 bits per heavy atom. The van der Waals surface area contributed by atoms with Crippen molar-refractivity contribution in [2.24, 2.45) is 0 Å². The number of pyridine rings is 1. The zero-order valence-electron chi connectivity index (χ0n) is 17.5. The molecule has 4 rings (SSSR count). The van der Waals surface area contributed by atoms with Gasteiger partial charge in [0.25, 0.3) is 5.91 Å². The lowest BCUT2D eigenvalue weighted by molar-refractivity contribution is 0.0763. The lowest BCUT2D eigenvalue weighted by Gasteiger charge is -2.22. The Balaban J connectivity index is 1.53. The molecule has 0 radical (unpaired) electrons. The Morgan fingerprint density at radius 1 is 1.10 bits per heavy atom. The first-order valence-electron chi connectivity index (χ1n) is 10.4. The van der Waals surface area contributed by atoms with E-state index in [0.717, 1.165) is 61.4 Å². The number of nitrogens with zero attached hydrogens (tertiary/aromatic N) is 5. The first kappa shape index (κ1) is 19.6. The Morgan fingerprint density at radius 3 is 2.66 bits per heavy atom. The van der Waals surface area contributed by atoms with E-state index in [-0.39, 0.29) is 11.9 Å². The summed E-state index contributed by atoms with van der Waals surface area (Å²) in [6.45, 7) is 10.5. The molecule has 6 heteroatoms. The molecule has 0 N–H and O–H groups in total. The second-order valence-corrected chi connectivity index (χ2v) is 8.14. The van der Waals surface area contributed by atoms with E-state index in [1.54, 1.807) is 6.20 Å². The molecule has 0 spiro atoms. The lowest BCUT2D eigenvalue weighted by Crippen LogP contribution is -2.35. The van der Waals surface area contributed by atoms with E-state index in [9.17, 15) is 4.79 Å². The monoisotopic (exact) mass is 391 g/mol. The maximum atomic E-state index is 13.4. The third kappa shape index (κ3) is 4.17. The molecule has 1 saturated heterocycles. The fourth-order valence-electron chi connectivity index (χ4n) is 4.04. The molecule has 1 aromatic carbocycles. The summed E-state index contributed by atoms with van der Waals surface area (Å²) in [7, 11) is 0. The van der Waals surface area contributed by atoms with Crippen molar-refractivity contribution < 1.29 is 4.79 Å². The van der Waals surface area contributed by atoms with Crippen LogP contribution in [0.4, 0.5) is 0 Å². The third-order valence-corrected chi connectivity index (χ3v) is 5.54. The van der Waals surface area contributed by atoms with E-state index in [4.69, 9.17) is 0 Å².